The first-order valence-corrected chi connectivity index (χ1v) is 8.96. The number of benzene rings is 2. The Morgan fingerprint density at radius 2 is 1.88 bits per heavy atom. The highest BCUT2D eigenvalue weighted by Crippen LogP contribution is 2.34. The van der Waals surface area contributed by atoms with Gasteiger partial charge in [0.2, 0.25) is 0 Å². The van der Waals surface area contributed by atoms with Crippen molar-refractivity contribution < 1.29 is 4.79 Å². The zero-order valence-corrected chi connectivity index (χ0v) is 15.2. The molecule has 0 N–H and O–H groups in total. The molecular formula is C22H27NO. The Morgan fingerprint density at radius 3 is 2.58 bits per heavy atom. The number of aryl methyl sites for hydroxylation is 3. The van der Waals surface area contributed by atoms with Gasteiger partial charge in [-0.05, 0) is 74.9 Å². The van der Waals surface area contributed by atoms with Crippen LogP contribution in [0.3, 0.4) is 0 Å². The summed E-state index contributed by atoms with van der Waals surface area (Å²) >= 11 is 0. The molecule has 24 heavy (non-hydrogen) atoms. The lowest BCUT2D eigenvalue weighted by molar-refractivity contribution is 0.0977. The summed E-state index contributed by atoms with van der Waals surface area (Å²) in [5, 5.41) is 0. The normalized spacial score (nSPS) is 16.3. The summed E-state index contributed by atoms with van der Waals surface area (Å²) in [6.07, 6.45) is 2.60. The van der Waals surface area contributed by atoms with Crippen molar-refractivity contribution in [1.29, 1.82) is 0 Å². The van der Waals surface area contributed by atoms with E-state index < -0.39 is 0 Å². The molecule has 0 spiro atoms. The molecule has 0 bridgehead atoms. The molecule has 1 unspecified atom stereocenters. The fourth-order valence-corrected chi connectivity index (χ4v) is 3.72. The summed E-state index contributed by atoms with van der Waals surface area (Å²) in [5.41, 5.74) is 7.38. The SMILES string of the molecule is CCN1c2cc(C)ccc2CC1CCC(=O)c1ccc(C)c(C)c1. The maximum absolute atomic E-state index is 12.6. The molecule has 0 saturated carbocycles. The molecule has 1 heterocycles. The lowest BCUT2D eigenvalue weighted by atomic mass is 9.98. The third-order valence-electron chi connectivity index (χ3n) is 5.32. The van der Waals surface area contributed by atoms with E-state index in [0.717, 1.165) is 24.9 Å². The molecule has 0 radical (unpaired) electrons. The van der Waals surface area contributed by atoms with Crippen LogP contribution < -0.4 is 4.90 Å². The van der Waals surface area contributed by atoms with E-state index in [1.807, 2.05) is 12.1 Å². The Hall–Kier alpha value is -2.09. The van der Waals surface area contributed by atoms with Gasteiger partial charge < -0.3 is 4.90 Å². The topological polar surface area (TPSA) is 20.3 Å². The van der Waals surface area contributed by atoms with E-state index in [2.05, 4.69) is 56.9 Å². The lowest BCUT2D eigenvalue weighted by Gasteiger charge is -2.26. The maximum Gasteiger partial charge on any atom is 0.162 e. The zero-order valence-electron chi connectivity index (χ0n) is 15.2. The summed E-state index contributed by atoms with van der Waals surface area (Å²) in [5.74, 6) is 0.265. The van der Waals surface area contributed by atoms with Gasteiger partial charge in [0.1, 0.15) is 0 Å². The number of ketones is 1. The van der Waals surface area contributed by atoms with Gasteiger partial charge in [-0.15, -0.1) is 0 Å². The van der Waals surface area contributed by atoms with E-state index in [9.17, 15) is 4.79 Å². The Labute approximate surface area is 145 Å². The highest BCUT2D eigenvalue weighted by Gasteiger charge is 2.28. The number of hydrogen-bond acceptors (Lipinski definition) is 2. The molecule has 0 aromatic heterocycles. The second-order valence-electron chi connectivity index (χ2n) is 7.04. The zero-order chi connectivity index (χ0) is 17.3. The Bertz CT molecular complexity index is 763. The summed E-state index contributed by atoms with van der Waals surface area (Å²) in [6.45, 7) is 9.50. The summed E-state index contributed by atoms with van der Waals surface area (Å²) < 4.78 is 0. The van der Waals surface area contributed by atoms with E-state index in [4.69, 9.17) is 0 Å². The number of carbonyl (C=O) groups excluding carboxylic acids is 1. The summed E-state index contributed by atoms with van der Waals surface area (Å²) in [6, 6.07) is 13.2. The average molecular weight is 321 g/mol. The van der Waals surface area contributed by atoms with Crippen LogP contribution in [0.2, 0.25) is 0 Å². The molecule has 2 aromatic carbocycles. The van der Waals surface area contributed by atoms with Gasteiger partial charge >= 0.3 is 0 Å². The Kier molecular flexibility index (Phi) is 4.75. The number of rotatable bonds is 5. The minimum atomic E-state index is 0.265. The van der Waals surface area contributed by atoms with Gasteiger partial charge in [0, 0.05) is 30.3 Å². The van der Waals surface area contributed by atoms with Crippen molar-refractivity contribution in [2.45, 2.75) is 53.0 Å². The number of nitrogens with zero attached hydrogens (tertiary/aromatic N) is 1. The summed E-state index contributed by atoms with van der Waals surface area (Å²) in [7, 11) is 0. The van der Waals surface area contributed by atoms with Gasteiger partial charge in [0.05, 0.1) is 0 Å². The molecule has 0 aliphatic carbocycles. The van der Waals surface area contributed by atoms with E-state index in [1.54, 1.807) is 0 Å². The number of anilines is 1. The van der Waals surface area contributed by atoms with Crippen molar-refractivity contribution in [2.24, 2.45) is 0 Å². The predicted octanol–water partition coefficient (Wildman–Crippen LogP) is 5.03. The average Bonchev–Trinajstić information content (AvgIpc) is 2.91. The van der Waals surface area contributed by atoms with Crippen LogP contribution >= 0.6 is 0 Å². The van der Waals surface area contributed by atoms with Crippen LogP contribution in [-0.2, 0) is 6.42 Å². The van der Waals surface area contributed by atoms with Crippen LogP contribution in [0.1, 0.15) is 52.4 Å². The van der Waals surface area contributed by atoms with Gasteiger partial charge in [0.15, 0.2) is 5.78 Å². The molecule has 1 aliphatic rings. The molecule has 126 valence electrons. The molecule has 1 atom stereocenters. The smallest absolute Gasteiger partial charge is 0.162 e. The van der Waals surface area contributed by atoms with Gasteiger partial charge in [-0.25, -0.2) is 0 Å². The fraction of sp³-hybridized carbons (Fsp3) is 0.409. The largest absolute Gasteiger partial charge is 0.368 e. The lowest BCUT2D eigenvalue weighted by Crippen LogP contribution is -2.32. The molecule has 1 aliphatic heterocycles. The van der Waals surface area contributed by atoms with Crippen LogP contribution in [0.15, 0.2) is 36.4 Å². The number of carbonyl (C=O) groups is 1. The first-order valence-electron chi connectivity index (χ1n) is 8.96. The minimum Gasteiger partial charge on any atom is -0.368 e. The van der Waals surface area contributed by atoms with Crippen molar-refractivity contribution in [2.75, 3.05) is 11.4 Å². The van der Waals surface area contributed by atoms with Gasteiger partial charge in [-0.3, -0.25) is 4.79 Å². The number of hydrogen-bond donors (Lipinski definition) is 0. The van der Waals surface area contributed by atoms with Crippen LogP contribution in [0.4, 0.5) is 5.69 Å². The van der Waals surface area contributed by atoms with Crippen molar-refractivity contribution in [3.8, 4) is 0 Å². The van der Waals surface area contributed by atoms with Crippen molar-refractivity contribution >= 4 is 11.5 Å². The van der Waals surface area contributed by atoms with Crippen LogP contribution in [0.5, 0.6) is 0 Å². The Balaban J connectivity index is 1.68. The Morgan fingerprint density at radius 1 is 1.08 bits per heavy atom. The van der Waals surface area contributed by atoms with Crippen molar-refractivity contribution in [1.82, 2.24) is 0 Å². The molecule has 0 saturated heterocycles. The van der Waals surface area contributed by atoms with Crippen molar-refractivity contribution in [3.63, 3.8) is 0 Å². The van der Waals surface area contributed by atoms with Gasteiger partial charge in [-0.2, -0.15) is 0 Å². The fourth-order valence-electron chi connectivity index (χ4n) is 3.72. The first kappa shape index (κ1) is 16.8. The quantitative estimate of drug-likeness (QED) is 0.720. The van der Waals surface area contributed by atoms with Crippen molar-refractivity contribution in [3.05, 3.63) is 64.2 Å². The van der Waals surface area contributed by atoms with Crippen LogP contribution in [0, 0.1) is 20.8 Å². The molecule has 0 amide bonds. The van der Waals surface area contributed by atoms with E-state index in [0.29, 0.717) is 12.5 Å². The van der Waals surface area contributed by atoms with E-state index in [1.165, 1.54) is 27.9 Å². The van der Waals surface area contributed by atoms with Gasteiger partial charge in [0.25, 0.3) is 0 Å². The number of Topliss-reactive ketones (excluding diaryl/α,β-unsaturated/α-hetero) is 1. The van der Waals surface area contributed by atoms with Crippen LogP contribution in [-0.4, -0.2) is 18.4 Å². The standard InChI is InChI=1S/C22H27NO/c1-5-23-20(14-18-8-6-15(2)12-21(18)23)10-11-22(24)19-9-7-16(3)17(4)13-19/h6-9,12-13,20H,5,10-11,14H2,1-4H3. The highest BCUT2D eigenvalue weighted by atomic mass is 16.1. The second kappa shape index (κ2) is 6.80. The monoisotopic (exact) mass is 321 g/mol. The predicted molar refractivity (Wildman–Crippen MR) is 101 cm³/mol. The number of fused-ring (bicyclic) bond motifs is 1. The van der Waals surface area contributed by atoms with Crippen LogP contribution in [0.25, 0.3) is 0 Å². The third-order valence-corrected chi connectivity index (χ3v) is 5.32. The highest BCUT2D eigenvalue weighted by molar-refractivity contribution is 5.96. The number of likely N-dealkylation sites (N-methyl/N-ethyl adjacent to an activating group) is 1. The second-order valence-corrected chi connectivity index (χ2v) is 7.04. The molecule has 2 heteroatoms. The summed E-state index contributed by atoms with van der Waals surface area (Å²) in [4.78, 5) is 15.0. The molecule has 2 nitrogen and oxygen atoms in total. The van der Waals surface area contributed by atoms with Gasteiger partial charge in [-0.1, -0.05) is 24.3 Å². The molecular weight excluding hydrogens is 294 g/mol. The van der Waals surface area contributed by atoms with E-state index in [-0.39, 0.29) is 5.78 Å². The minimum absolute atomic E-state index is 0.265. The maximum atomic E-state index is 12.6. The third kappa shape index (κ3) is 3.24. The first-order chi connectivity index (χ1) is 11.5. The molecule has 3 rings (SSSR count). The molecule has 0 fully saturated rings. The van der Waals surface area contributed by atoms with E-state index >= 15 is 0 Å². The molecule has 2 aromatic rings.